The molecule has 4 nitrogen and oxygen atoms in total. The van der Waals surface area contributed by atoms with Gasteiger partial charge in [0.1, 0.15) is 0 Å². The topological polar surface area (TPSA) is 49.4 Å². The van der Waals surface area contributed by atoms with Crippen molar-refractivity contribution in [3.63, 3.8) is 0 Å². The van der Waals surface area contributed by atoms with Crippen molar-refractivity contribution in [3.8, 4) is 0 Å². The average molecular weight is 331 g/mol. The SMILES string of the molecule is CCN(Cc1ccccc1NC(=O)c1ccccc1Cl)C(C)=O. The molecule has 0 radical (unpaired) electrons. The Kier molecular flexibility index (Phi) is 5.77. The van der Waals surface area contributed by atoms with Crippen molar-refractivity contribution in [1.29, 1.82) is 0 Å². The van der Waals surface area contributed by atoms with E-state index in [1.807, 2.05) is 31.2 Å². The van der Waals surface area contributed by atoms with Crippen molar-refractivity contribution < 1.29 is 9.59 Å². The van der Waals surface area contributed by atoms with E-state index in [1.165, 1.54) is 6.92 Å². The highest BCUT2D eigenvalue weighted by molar-refractivity contribution is 6.34. The van der Waals surface area contributed by atoms with Gasteiger partial charge in [0, 0.05) is 25.7 Å². The third-order valence-corrected chi connectivity index (χ3v) is 3.90. The zero-order chi connectivity index (χ0) is 16.8. The fourth-order valence-corrected chi connectivity index (χ4v) is 2.49. The fourth-order valence-electron chi connectivity index (χ4n) is 2.27. The van der Waals surface area contributed by atoms with E-state index in [1.54, 1.807) is 29.2 Å². The van der Waals surface area contributed by atoms with Crippen LogP contribution in [0.5, 0.6) is 0 Å². The molecule has 0 atom stereocenters. The molecule has 5 heteroatoms. The van der Waals surface area contributed by atoms with Crippen LogP contribution in [0.2, 0.25) is 5.02 Å². The van der Waals surface area contributed by atoms with Gasteiger partial charge in [0.2, 0.25) is 5.91 Å². The van der Waals surface area contributed by atoms with Crippen molar-refractivity contribution in [2.45, 2.75) is 20.4 Å². The van der Waals surface area contributed by atoms with Gasteiger partial charge in [-0.25, -0.2) is 0 Å². The summed E-state index contributed by atoms with van der Waals surface area (Å²) in [6.07, 6.45) is 0. The van der Waals surface area contributed by atoms with Crippen molar-refractivity contribution in [1.82, 2.24) is 4.90 Å². The minimum absolute atomic E-state index is 0.000247. The quantitative estimate of drug-likeness (QED) is 0.902. The van der Waals surface area contributed by atoms with E-state index in [-0.39, 0.29) is 11.8 Å². The van der Waals surface area contributed by atoms with Gasteiger partial charge in [-0.15, -0.1) is 0 Å². The number of anilines is 1. The van der Waals surface area contributed by atoms with Crippen molar-refractivity contribution in [3.05, 3.63) is 64.7 Å². The number of nitrogens with one attached hydrogen (secondary N) is 1. The summed E-state index contributed by atoms with van der Waals surface area (Å²) in [6, 6.07) is 14.3. The number of nitrogens with zero attached hydrogens (tertiary/aromatic N) is 1. The second-order valence-corrected chi connectivity index (χ2v) is 5.53. The van der Waals surface area contributed by atoms with E-state index in [9.17, 15) is 9.59 Å². The Hall–Kier alpha value is -2.33. The molecular weight excluding hydrogens is 312 g/mol. The highest BCUT2D eigenvalue weighted by Crippen LogP contribution is 2.21. The first-order valence-electron chi connectivity index (χ1n) is 7.42. The van der Waals surface area contributed by atoms with Gasteiger partial charge in [0.25, 0.3) is 5.91 Å². The van der Waals surface area contributed by atoms with E-state index >= 15 is 0 Å². The van der Waals surface area contributed by atoms with Crippen LogP contribution in [0, 0.1) is 0 Å². The van der Waals surface area contributed by atoms with E-state index < -0.39 is 0 Å². The van der Waals surface area contributed by atoms with Gasteiger partial charge >= 0.3 is 0 Å². The molecule has 0 saturated carbocycles. The van der Waals surface area contributed by atoms with E-state index in [0.717, 1.165) is 5.56 Å². The Morgan fingerprint density at radius 1 is 1.09 bits per heavy atom. The Labute approximate surface area is 141 Å². The molecule has 1 N–H and O–H groups in total. The molecule has 2 amide bonds. The summed E-state index contributed by atoms with van der Waals surface area (Å²) < 4.78 is 0. The molecule has 0 aliphatic heterocycles. The van der Waals surface area contributed by atoms with Gasteiger partial charge < -0.3 is 10.2 Å². The maximum atomic E-state index is 12.4. The molecule has 0 heterocycles. The lowest BCUT2D eigenvalue weighted by Gasteiger charge is -2.21. The van der Waals surface area contributed by atoms with Crippen LogP contribution in [0.25, 0.3) is 0 Å². The lowest BCUT2D eigenvalue weighted by atomic mass is 10.1. The average Bonchev–Trinajstić information content (AvgIpc) is 2.54. The first-order valence-corrected chi connectivity index (χ1v) is 7.80. The fraction of sp³-hybridized carbons (Fsp3) is 0.222. The summed E-state index contributed by atoms with van der Waals surface area (Å²) in [6.45, 7) is 4.52. The van der Waals surface area contributed by atoms with Crippen LogP contribution < -0.4 is 5.32 Å². The third kappa shape index (κ3) is 4.33. The molecule has 2 rings (SSSR count). The molecule has 0 saturated heterocycles. The van der Waals surface area contributed by atoms with Gasteiger partial charge in [-0.3, -0.25) is 9.59 Å². The zero-order valence-electron chi connectivity index (χ0n) is 13.2. The summed E-state index contributed by atoms with van der Waals surface area (Å²) in [5.41, 5.74) is 1.98. The van der Waals surface area contributed by atoms with Gasteiger partial charge in [0.15, 0.2) is 0 Å². The monoisotopic (exact) mass is 330 g/mol. The minimum Gasteiger partial charge on any atom is -0.339 e. The van der Waals surface area contributed by atoms with Crippen molar-refractivity contribution in [2.24, 2.45) is 0 Å². The number of benzene rings is 2. The van der Waals surface area contributed by atoms with E-state index in [4.69, 9.17) is 11.6 Å². The Balaban J connectivity index is 2.22. The molecule has 0 bridgehead atoms. The third-order valence-electron chi connectivity index (χ3n) is 3.57. The molecule has 2 aromatic rings. The summed E-state index contributed by atoms with van der Waals surface area (Å²) >= 11 is 6.06. The lowest BCUT2D eigenvalue weighted by Crippen LogP contribution is -2.28. The molecule has 23 heavy (non-hydrogen) atoms. The van der Waals surface area contributed by atoms with Gasteiger partial charge in [-0.2, -0.15) is 0 Å². The Bertz CT molecular complexity index is 716. The number of amides is 2. The largest absolute Gasteiger partial charge is 0.339 e. The van der Waals surface area contributed by atoms with Crippen LogP contribution in [-0.2, 0) is 11.3 Å². The summed E-state index contributed by atoms with van der Waals surface area (Å²) in [5, 5.41) is 3.28. The normalized spacial score (nSPS) is 10.2. The number of rotatable bonds is 5. The standard InChI is InChI=1S/C18H19ClN2O2/c1-3-21(13(2)22)12-14-8-4-7-11-17(14)20-18(23)15-9-5-6-10-16(15)19/h4-11H,3,12H2,1-2H3,(H,20,23). The second-order valence-electron chi connectivity index (χ2n) is 5.12. The second kappa shape index (κ2) is 7.79. The highest BCUT2D eigenvalue weighted by atomic mass is 35.5. The molecule has 120 valence electrons. The van der Waals surface area contributed by atoms with Crippen molar-refractivity contribution in [2.75, 3.05) is 11.9 Å². The number of para-hydroxylation sites is 1. The molecule has 0 fully saturated rings. The predicted octanol–water partition coefficient (Wildman–Crippen LogP) is 3.96. The predicted molar refractivity (Wildman–Crippen MR) is 92.6 cm³/mol. The van der Waals surface area contributed by atoms with E-state index in [0.29, 0.717) is 29.4 Å². The molecule has 0 spiro atoms. The summed E-state index contributed by atoms with van der Waals surface area (Å²) in [5.74, 6) is -0.270. The number of carbonyl (C=O) groups is 2. The van der Waals surface area contributed by atoms with Crippen LogP contribution in [0.3, 0.4) is 0 Å². The smallest absolute Gasteiger partial charge is 0.257 e. The van der Waals surface area contributed by atoms with Crippen LogP contribution >= 0.6 is 11.6 Å². The van der Waals surface area contributed by atoms with Gasteiger partial charge in [-0.1, -0.05) is 41.9 Å². The number of hydrogen-bond acceptors (Lipinski definition) is 2. The molecule has 0 aromatic heterocycles. The van der Waals surface area contributed by atoms with Crippen LogP contribution in [0.15, 0.2) is 48.5 Å². The lowest BCUT2D eigenvalue weighted by molar-refractivity contribution is -0.129. The maximum absolute atomic E-state index is 12.4. The zero-order valence-corrected chi connectivity index (χ0v) is 13.9. The number of halogens is 1. The Morgan fingerprint density at radius 3 is 2.39 bits per heavy atom. The van der Waals surface area contributed by atoms with Crippen LogP contribution in [0.4, 0.5) is 5.69 Å². The Morgan fingerprint density at radius 2 is 1.74 bits per heavy atom. The maximum Gasteiger partial charge on any atom is 0.257 e. The number of hydrogen-bond donors (Lipinski definition) is 1. The van der Waals surface area contributed by atoms with Gasteiger partial charge in [0.05, 0.1) is 10.6 Å². The molecular formula is C18H19ClN2O2. The van der Waals surface area contributed by atoms with Crippen LogP contribution in [-0.4, -0.2) is 23.3 Å². The highest BCUT2D eigenvalue weighted by Gasteiger charge is 2.14. The van der Waals surface area contributed by atoms with Crippen LogP contribution in [0.1, 0.15) is 29.8 Å². The van der Waals surface area contributed by atoms with Gasteiger partial charge in [-0.05, 0) is 30.7 Å². The molecule has 2 aromatic carbocycles. The summed E-state index contributed by atoms with van der Waals surface area (Å²) in [4.78, 5) is 25.7. The first kappa shape index (κ1) is 17.0. The van der Waals surface area contributed by atoms with Crippen molar-refractivity contribution >= 4 is 29.1 Å². The molecule has 0 unspecified atom stereocenters. The minimum atomic E-state index is -0.270. The van der Waals surface area contributed by atoms with E-state index in [2.05, 4.69) is 5.32 Å². The molecule has 0 aliphatic rings. The first-order chi connectivity index (χ1) is 11.0. The summed E-state index contributed by atoms with van der Waals surface area (Å²) in [7, 11) is 0. The molecule has 0 aliphatic carbocycles. The number of carbonyl (C=O) groups excluding carboxylic acids is 2.